The average Bonchev–Trinajstić information content (AvgIpc) is 2.45. The first-order valence-corrected chi connectivity index (χ1v) is 8.01. The molecule has 0 saturated carbocycles. The lowest BCUT2D eigenvalue weighted by Crippen LogP contribution is -2.34. The zero-order chi connectivity index (χ0) is 15.5. The van der Waals surface area contributed by atoms with E-state index in [0.29, 0.717) is 0 Å². The second-order valence-electron chi connectivity index (χ2n) is 7.50. The van der Waals surface area contributed by atoms with Crippen LogP contribution in [0.3, 0.4) is 0 Å². The molecule has 0 atom stereocenters. The maximum Gasteiger partial charge on any atom is 0.135 e. The molecule has 0 radical (unpaired) electrons. The highest BCUT2D eigenvalue weighted by Gasteiger charge is 2.34. The van der Waals surface area contributed by atoms with Crippen LogP contribution in [-0.2, 0) is 6.42 Å². The van der Waals surface area contributed by atoms with Gasteiger partial charge in [0, 0.05) is 16.5 Å². The molecule has 0 N–H and O–H groups in total. The molecule has 2 nitrogen and oxygen atoms in total. The van der Waals surface area contributed by atoms with E-state index in [9.17, 15) is 0 Å². The van der Waals surface area contributed by atoms with Crippen molar-refractivity contribution in [2.24, 2.45) is 0 Å². The Kier molecular flexibility index (Phi) is 2.66. The summed E-state index contributed by atoms with van der Waals surface area (Å²) in [6.07, 6.45) is 6.36. The summed E-state index contributed by atoms with van der Waals surface area (Å²) in [6, 6.07) is 8.47. The van der Waals surface area contributed by atoms with Gasteiger partial charge in [-0.15, -0.1) is 0 Å². The third-order valence-electron chi connectivity index (χ3n) is 4.63. The first-order chi connectivity index (χ1) is 10.4. The molecule has 0 spiro atoms. The summed E-state index contributed by atoms with van der Waals surface area (Å²) in [5.74, 6) is 2.02. The molecule has 0 aromatic heterocycles. The van der Waals surface area contributed by atoms with E-state index in [1.807, 2.05) is 0 Å². The minimum absolute atomic E-state index is 0.121. The topological polar surface area (TPSA) is 18.5 Å². The summed E-state index contributed by atoms with van der Waals surface area (Å²) >= 11 is 0. The Hall–Kier alpha value is -1.96. The smallest absolute Gasteiger partial charge is 0.135 e. The quantitative estimate of drug-likeness (QED) is 0.670. The Morgan fingerprint density at radius 3 is 2.41 bits per heavy atom. The molecule has 4 rings (SSSR count). The predicted octanol–water partition coefficient (Wildman–Crippen LogP) is 5.13. The van der Waals surface area contributed by atoms with Crippen molar-refractivity contribution in [1.82, 2.24) is 0 Å². The summed E-state index contributed by atoms with van der Waals surface area (Å²) < 4.78 is 12.7. The highest BCUT2D eigenvalue weighted by molar-refractivity contribution is 5.99. The Labute approximate surface area is 131 Å². The zero-order valence-electron chi connectivity index (χ0n) is 13.7. The molecule has 0 amide bonds. The van der Waals surface area contributed by atoms with Gasteiger partial charge in [-0.25, -0.2) is 0 Å². The van der Waals surface area contributed by atoms with Crippen LogP contribution in [0, 0.1) is 0 Å². The molecule has 0 aliphatic carbocycles. The van der Waals surface area contributed by atoms with Crippen molar-refractivity contribution in [1.29, 1.82) is 0 Å². The van der Waals surface area contributed by atoms with Crippen molar-refractivity contribution in [2.75, 3.05) is 0 Å². The number of fused-ring (bicyclic) bond motifs is 6. The summed E-state index contributed by atoms with van der Waals surface area (Å²) in [6.45, 7) is 8.52. The van der Waals surface area contributed by atoms with Crippen molar-refractivity contribution < 1.29 is 9.47 Å². The van der Waals surface area contributed by atoms with Gasteiger partial charge in [-0.05, 0) is 52.0 Å². The summed E-state index contributed by atoms with van der Waals surface area (Å²) in [4.78, 5) is 0. The number of hydrogen-bond acceptors (Lipinski definition) is 2. The van der Waals surface area contributed by atoms with Crippen molar-refractivity contribution in [2.45, 2.75) is 51.7 Å². The van der Waals surface area contributed by atoms with Crippen molar-refractivity contribution >= 4 is 16.8 Å². The van der Waals surface area contributed by atoms with Gasteiger partial charge in [0.1, 0.15) is 22.7 Å². The molecule has 2 aliphatic rings. The Bertz CT molecular complexity index is 797. The molecule has 2 aromatic carbocycles. The van der Waals surface area contributed by atoms with Gasteiger partial charge in [0.15, 0.2) is 0 Å². The van der Waals surface area contributed by atoms with Crippen LogP contribution in [-0.4, -0.2) is 11.2 Å². The van der Waals surface area contributed by atoms with Crippen molar-refractivity contribution in [3.63, 3.8) is 0 Å². The van der Waals surface area contributed by atoms with E-state index >= 15 is 0 Å². The van der Waals surface area contributed by atoms with Crippen LogP contribution in [0.5, 0.6) is 11.5 Å². The Morgan fingerprint density at radius 2 is 1.64 bits per heavy atom. The van der Waals surface area contributed by atoms with Crippen LogP contribution in [0.15, 0.2) is 30.3 Å². The van der Waals surface area contributed by atoms with Crippen LogP contribution < -0.4 is 9.47 Å². The standard InChI is InChI=1S/C20H22O2/c1-19(2)11-9-15-13-7-5-6-8-14(13)17-16(18(15)22-19)10-12-20(3,4)21-17/h5-9,11H,10,12H2,1-4H3. The van der Waals surface area contributed by atoms with E-state index < -0.39 is 0 Å². The maximum atomic E-state index is 6.36. The molecule has 0 fully saturated rings. The fraction of sp³-hybridized carbons (Fsp3) is 0.400. The van der Waals surface area contributed by atoms with E-state index in [1.54, 1.807) is 0 Å². The fourth-order valence-electron chi connectivity index (χ4n) is 3.43. The van der Waals surface area contributed by atoms with Crippen LogP contribution in [0.4, 0.5) is 0 Å². The molecular weight excluding hydrogens is 272 g/mol. The third-order valence-corrected chi connectivity index (χ3v) is 4.63. The first kappa shape index (κ1) is 13.7. The highest BCUT2D eigenvalue weighted by atomic mass is 16.5. The first-order valence-electron chi connectivity index (χ1n) is 8.01. The van der Waals surface area contributed by atoms with Gasteiger partial charge in [-0.2, -0.15) is 0 Å². The SMILES string of the molecule is CC1(C)C=Cc2c(c3c(c4ccccc24)OC(C)(C)CC3)O1. The Balaban J connectivity index is 2.06. The van der Waals surface area contributed by atoms with E-state index in [1.165, 1.54) is 21.9 Å². The number of rotatable bonds is 0. The lowest BCUT2D eigenvalue weighted by molar-refractivity contribution is 0.0829. The predicted molar refractivity (Wildman–Crippen MR) is 90.7 cm³/mol. The maximum absolute atomic E-state index is 6.36. The third kappa shape index (κ3) is 2.01. The minimum Gasteiger partial charge on any atom is -0.487 e. The van der Waals surface area contributed by atoms with Gasteiger partial charge in [-0.1, -0.05) is 30.3 Å². The average molecular weight is 294 g/mol. The molecular formula is C20H22O2. The van der Waals surface area contributed by atoms with Crippen molar-refractivity contribution in [3.8, 4) is 11.5 Å². The van der Waals surface area contributed by atoms with Crippen LogP contribution in [0.1, 0.15) is 45.2 Å². The molecule has 22 heavy (non-hydrogen) atoms. The number of hydrogen-bond donors (Lipinski definition) is 0. The van der Waals surface area contributed by atoms with Crippen LogP contribution in [0.25, 0.3) is 16.8 Å². The van der Waals surface area contributed by atoms with Gasteiger partial charge < -0.3 is 9.47 Å². The monoisotopic (exact) mass is 294 g/mol. The van der Waals surface area contributed by atoms with Gasteiger partial charge in [0.05, 0.1) is 0 Å². The van der Waals surface area contributed by atoms with Gasteiger partial charge in [0.25, 0.3) is 0 Å². The lowest BCUT2D eigenvalue weighted by atomic mass is 9.87. The fourth-order valence-corrected chi connectivity index (χ4v) is 3.43. The van der Waals surface area contributed by atoms with E-state index in [0.717, 1.165) is 24.3 Å². The molecule has 2 aliphatic heterocycles. The van der Waals surface area contributed by atoms with Gasteiger partial charge in [0.2, 0.25) is 0 Å². The van der Waals surface area contributed by atoms with E-state index in [4.69, 9.17) is 9.47 Å². The molecule has 2 aromatic rings. The highest BCUT2D eigenvalue weighted by Crippen LogP contribution is 2.49. The molecule has 0 saturated heterocycles. The zero-order valence-corrected chi connectivity index (χ0v) is 13.7. The molecule has 2 heterocycles. The number of benzene rings is 2. The van der Waals surface area contributed by atoms with Crippen LogP contribution in [0.2, 0.25) is 0 Å². The Morgan fingerprint density at radius 1 is 0.909 bits per heavy atom. The summed E-state index contributed by atoms with van der Waals surface area (Å²) in [5.41, 5.74) is 2.03. The molecule has 2 heteroatoms. The molecule has 0 unspecified atom stereocenters. The second kappa shape index (κ2) is 4.28. The van der Waals surface area contributed by atoms with Gasteiger partial charge in [-0.3, -0.25) is 0 Å². The van der Waals surface area contributed by atoms with E-state index in [2.05, 4.69) is 64.1 Å². The molecule has 0 bridgehead atoms. The van der Waals surface area contributed by atoms with Crippen molar-refractivity contribution in [3.05, 3.63) is 41.5 Å². The molecule has 114 valence electrons. The van der Waals surface area contributed by atoms with Gasteiger partial charge >= 0.3 is 0 Å². The lowest BCUT2D eigenvalue weighted by Gasteiger charge is -2.37. The largest absolute Gasteiger partial charge is 0.487 e. The second-order valence-corrected chi connectivity index (χ2v) is 7.50. The summed E-state index contributed by atoms with van der Waals surface area (Å²) in [5, 5.41) is 2.40. The normalized spacial score (nSPS) is 20.7. The van der Waals surface area contributed by atoms with E-state index in [-0.39, 0.29) is 11.2 Å². The number of ether oxygens (including phenoxy) is 2. The summed E-state index contributed by atoms with van der Waals surface area (Å²) in [7, 11) is 0. The minimum atomic E-state index is -0.268. The van der Waals surface area contributed by atoms with Crippen LogP contribution >= 0.6 is 0 Å².